The summed E-state index contributed by atoms with van der Waals surface area (Å²) in [6.45, 7) is 4.11. The SMILES string of the molecule is CC(C)(C)NC(=O)OCC(=O)N1C[C@@](F)(C(c2ccc(F)cc2)c2ccc(F)cc2)C[C@H]1C#N. The number of nitriles is 1. The maximum Gasteiger partial charge on any atom is 0.408 e. The van der Waals surface area contributed by atoms with Crippen molar-refractivity contribution in [3.63, 3.8) is 0 Å². The van der Waals surface area contributed by atoms with Gasteiger partial charge in [-0.3, -0.25) is 4.79 Å². The van der Waals surface area contributed by atoms with Crippen molar-refractivity contribution in [1.29, 1.82) is 5.26 Å². The Labute approximate surface area is 196 Å². The van der Waals surface area contributed by atoms with E-state index in [2.05, 4.69) is 5.32 Å². The Bertz CT molecular complexity index is 1030. The summed E-state index contributed by atoms with van der Waals surface area (Å²) < 4.78 is 48.6. The lowest BCUT2D eigenvalue weighted by Gasteiger charge is -2.31. The van der Waals surface area contributed by atoms with Crippen molar-refractivity contribution in [2.45, 2.75) is 50.4 Å². The second-order valence-corrected chi connectivity index (χ2v) is 9.39. The fraction of sp³-hybridized carbons (Fsp3) is 0.400. The first-order chi connectivity index (χ1) is 15.9. The number of hydrogen-bond donors (Lipinski definition) is 1. The minimum Gasteiger partial charge on any atom is -0.439 e. The maximum atomic E-state index is 16.6. The number of halogens is 3. The lowest BCUT2D eigenvalue weighted by molar-refractivity contribution is -0.134. The highest BCUT2D eigenvalue weighted by Gasteiger charge is 2.52. The molecule has 0 bridgehead atoms. The molecule has 0 saturated carbocycles. The molecule has 2 aromatic carbocycles. The number of benzene rings is 2. The molecule has 0 spiro atoms. The number of carbonyl (C=O) groups is 2. The van der Waals surface area contributed by atoms with Gasteiger partial charge in [-0.25, -0.2) is 18.0 Å². The largest absolute Gasteiger partial charge is 0.439 e. The van der Waals surface area contributed by atoms with E-state index in [1.807, 2.05) is 6.07 Å². The lowest BCUT2D eigenvalue weighted by atomic mass is 9.77. The van der Waals surface area contributed by atoms with Gasteiger partial charge in [-0.15, -0.1) is 0 Å². The predicted molar refractivity (Wildman–Crippen MR) is 118 cm³/mol. The van der Waals surface area contributed by atoms with Crippen LogP contribution < -0.4 is 5.32 Å². The van der Waals surface area contributed by atoms with E-state index in [0.717, 1.165) is 4.90 Å². The molecule has 0 radical (unpaired) electrons. The van der Waals surface area contributed by atoms with Crippen molar-refractivity contribution in [1.82, 2.24) is 10.2 Å². The van der Waals surface area contributed by atoms with Gasteiger partial charge in [0, 0.05) is 17.9 Å². The number of likely N-dealkylation sites (tertiary alicyclic amines) is 1. The topological polar surface area (TPSA) is 82.4 Å². The van der Waals surface area contributed by atoms with Crippen LogP contribution in [0.1, 0.15) is 44.2 Å². The van der Waals surface area contributed by atoms with Crippen molar-refractivity contribution < 1.29 is 27.5 Å². The van der Waals surface area contributed by atoms with Gasteiger partial charge in [0.2, 0.25) is 0 Å². The maximum absolute atomic E-state index is 16.6. The number of carbonyl (C=O) groups excluding carboxylic acids is 2. The van der Waals surface area contributed by atoms with Crippen LogP contribution in [0, 0.1) is 23.0 Å². The van der Waals surface area contributed by atoms with Crippen LogP contribution >= 0.6 is 0 Å². The van der Waals surface area contributed by atoms with E-state index >= 15 is 4.39 Å². The summed E-state index contributed by atoms with van der Waals surface area (Å²) in [5.74, 6) is -2.71. The van der Waals surface area contributed by atoms with Crippen LogP contribution in [0.25, 0.3) is 0 Å². The molecule has 1 aliphatic rings. The third-order valence-electron chi connectivity index (χ3n) is 5.54. The molecule has 34 heavy (non-hydrogen) atoms. The summed E-state index contributed by atoms with van der Waals surface area (Å²) in [6.07, 6.45) is -1.13. The van der Waals surface area contributed by atoms with Crippen LogP contribution in [0.4, 0.5) is 18.0 Å². The van der Waals surface area contributed by atoms with Crippen molar-refractivity contribution in [2.24, 2.45) is 0 Å². The molecule has 0 unspecified atom stereocenters. The molecule has 1 N–H and O–H groups in total. The molecular weight excluding hydrogens is 447 g/mol. The number of amides is 2. The second kappa shape index (κ2) is 9.75. The van der Waals surface area contributed by atoms with E-state index in [0.29, 0.717) is 11.1 Å². The number of hydrogen-bond acceptors (Lipinski definition) is 4. The fourth-order valence-corrected chi connectivity index (χ4v) is 4.13. The highest BCUT2D eigenvalue weighted by molar-refractivity contribution is 5.81. The Morgan fingerprint density at radius 2 is 1.62 bits per heavy atom. The minimum atomic E-state index is -2.11. The summed E-state index contributed by atoms with van der Waals surface area (Å²) in [7, 11) is 0. The van der Waals surface area contributed by atoms with Crippen LogP contribution in [-0.4, -0.2) is 47.3 Å². The first-order valence-corrected chi connectivity index (χ1v) is 10.8. The zero-order valence-corrected chi connectivity index (χ0v) is 19.1. The Morgan fingerprint density at radius 1 is 1.12 bits per heavy atom. The summed E-state index contributed by atoms with van der Waals surface area (Å²) in [5.41, 5.74) is -1.85. The minimum absolute atomic E-state index is 0.317. The lowest BCUT2D eigenvalue weighted by Crippen LogP contribution is -2.44. The van der Waals surface area contributed by atoms with Crippen molar-refractivity contribution in [2.75, 3.05) is 13.2 Å². The van der Waals surface area contributed by atoms with Gasteiger partial charge in [-0.05, 0) is 56.2 Å². The summed E-state index contributed by atoms with van der Waals surface area (Å²) >= 11 is 0. The summed E-state index contributed by atoms with van der Waals surface area (Å²) in [4.78, 5) is 25.7. The number of ether oxygens (including phenoxy) is 1. The van der Waals surface area contributed by atoms with Crippen LogP contribution in [0.15, 0.2) is 48.5 Å². The first kappa shape index (κ1) is 25.1. The molecule has 2 atom stereocenters. The third kappa shape index (κ3) is 5.87. The van der Waals surface area contributed by atoms with E-state index in [4.69, 9.17) is 4.74 Å². The molecule has 2 amide bonds. The van der Waals surface area contributed by atoms with Crippen molar-refractivity contribution >= 4 is 12.0 Å². The number of rotatable bonds is 5. The van der Waals surface area contributed by atoms with Crippen molar-refractivity contribution in [3.8, 4) is 6.07 Å². The van der Waals surface area contributed by atoms with Crippen LogP contribution in [0.5, 0.6) is 0 Å². The highest BCUT2D eigenvalue weighted by atomic mass is 19.1. The first-order valence-electron chi connectivity index (χ1n) is 10.8. The molecule has 180 valence electrons. The van der Waals surface area contributed by atoms with Gasteiger partial charge >= 0.3 is 6.09 Å². The Balaban J connectivity index is 1.86. The Kier molecular flexibility index (Phi) is 7.20. The van der Waals surface area contributed by atoms with Crippen LogP contribution in [0.3, 0.4) is 0 Å². The monoisotopic (exact) mass is 473 g/mol. The van der Waals surface area contributed by atoms with Gasteiger partial charge in [0.25, 0.3) is 5.91 Å². The van der Waals surface area contributed by atoms with Crippen LogP contribution in [-0.2, 0) is 9.53 Å². The number of alkyl carbamates (subject to hydrolysis) is 1. The number of nitrogens with one attached hydrogen (secondary N) is 1. The molecule has 6 nitrogen and oxygen atoms in total. The Hall–Kier alpha value is -3.54. The molecule has 1 saturated heterocycles. The van der Waals surface area contributed by atoms with Gasteiger partial charge < -0.3 is 15.0 Å². The smallest absolute Gasteiger partial charge is 0.408 e. The molecule has 3 rings (SSSR count). The average molecular weight is 473 g/mol. The quantitative estimate of drug-likeness (QED) is 0.696. The van der Waals surface area contributed by atoms with E-state index in [9.17, 15) is 23.6 Å². The molecule has 1 fully saturated rings. The van der Waals surface area contributed by atoms with E-state index in [-0.39, 0.29) is 6.42 Å². The van der Waals surface area contributed by atoms with Gasteiger partial charge in [-0.1, -0.05) is 24.3 Å². The molecule has 9 heteroatoms. The number of alkyl halides is 1. The van der Waals surface area contributed by atoms with Gasteiger partial charge in [0.1, 0.15) is 23.3 Å². The second-order valence-electron chi connectivity index (χ2n) is 9.39. The zero-order valence-electron chi connectivity index (χ0n) is 19.1. The predicted octanol–water partition coefficient (Wildman–Crippen LogP) is 4.45. The molecule has 0 aromatic heterocycles. The van der Waals surface area contributed by atoms with Gasteiger partial charge in [0.05, 0.1) is 12.6 Å². The third-order valence-corrected chi connectivity index (χ3v) is 5.54. The van der Waals surface area contributed by atoms with E-state index in [1.165, 1.54) is 48.5 Å². The molecule has 1 aliphatic heterocycles. The molecule has 0 aliphatic carbocycles. The zero-order chi connectivity index (χ0) is 25.1. The molecule has 2 aromatic rings. The van der Waals surface area contributed by atoms with E-state index < -0.39 is 60.0 Å². The highest BCUT2D eigenvalue weighted by Crippen LogP contribution is 2.45. The fourth-order valence-electron chi connectivity index (χ4n) is 4.13. The number of nitrogens with zero attached hydrogens (tertiary/aromatic N) is 2. The van der Waals surface area contributed by atoms with Gasteiger partial charge in [-0.2, -0.15) is 5.26 Å². The van der Waals surface area contributed by atoms with Gasteiger partial charge in [0.15, 0.2) is 6.61 Å². The Morgan fingerprint density at radius 3 is 2.06 bits per heavy atom. The normalized spacial score (nSPS) is 20.2. The average Bonchev–Trinajstić information content (AvgIpc) is 3.11. The van der Waals surface area contributed by atoms with Crippen LogP contribution in [0.2, 0.25) is 0 Å². The standard InChI is InChI=1S/C25H26F3N3O3/c1-24(2,3)30-23(33)34-14-21(32)31-15-25(28,12-20(31)13-29)22(16-4-8-18(26)9-5-16)17-6-10-19(27)11-7-17/h4-11,20,22H,12,14-15H2,1-3H3,(H,30,33)/t20-,25+/m0/s1. The summed E-state index contributed by atoms with van der Waals surface area (Å²) in [5, 5.41) is 12.2. The molecule has 1 heterocycles. The van der Waals surface area contributed by atoms with Crippen molar-refractivity contribution in [3.05, 3.63) is 71.3 Å². The van der Waals surface area contributed by atoms with E-state index in [1.54, 1.807) is 20.8 Å². The summed E-state index contributed by atoms with van der Waals surface area (Å²) in [6, 6.07) is 11.3. The molecular formula is C25H26F3N3O3.